The third-order valence-corrected chi connectivity index (χ3v) is 4.45. The Kier molecular flexibility index (Phi) is 4.63. The molecule has 0 saturated heterocycles. The summed E-state index contributed by atoms with van der Waals surface area (Å²) in [5.41, 5.74) is 0.384. The molecule has 19 heavy (non-hydrogen) atoms. The molecule has 0 spiro atoms. The maximum absolute atomic E-state index is 11.8. The van der Waals surface area contributed by atoms with E-state index in [1.807, 2.05) is 24.3 Å². The Bertz CT molecular complexity index is 455. The van der Waals surface area contributed by atoms with Crippen LogP contribution in [0, 0.1) is 5.92 Å². The Morgan fingerprint density at radius 2 is 2.16 bits per heavy atom. The van der Waals surface area contributed by atoms with Gasteiger partial charge in [-0.1, -0.05) is 34.1 Å². The molecule has 1 fully saturated rings. The van der Waals surface area contributed by atoms with Gasteiger partial charge in [-0.05, 0) is 43.7 Å². The predicted octanol–water partition coefficient (Wildman–Crippen LogP) is 2.66. The van der Waals surface area contributed by atoms with Crippen LogP contribution < -0.4 is 5.32 Å². The van der Waals surface area contributed by atoms with Crippen LogP contribution >= 0.6 is 15.9 Å². The predicted molar refractivity (Wildman–Crippen MR) is 78.8 cm³/mol. The number of hydrogen-bond acceptors (Lipinski definition) is 2. The number of halogens is 1. The number of hydrogen-bond donors (Lipinski definition) is 2. The molecular formula is C15H20BrNO2. The van der Waals surface area contributed by atoms with Crippen molar-refractivity contribution >= 4 is 21.8 Å². The van der Waals surface area contributed by atoms with E-state index in [0.29, 0.717) is 25.3 Å². The molecule has 2 N–H and O–H groups in total. The number of carbonyl (C=O) groups is 1. The van der Waals surface area contributed by atoms with E-state index in [1.165, 1.54) is 0 Å². The van der Waals surface area contributed by atoms with Crippen LogP contribution in [0.25, 0.3) is 0 Å². The summed E-state index contributed by atoms with van der Waals surface area (Å²) in [6, 6.07) is 7.92. The Hall–Kier alpha value is -0.870. The highest BCUT2D eigenvalue weighted by Crippen LogP contribution is 2.38. The van der Waals surface area contributed by atoms with E-state index in [4.69, 9.17) is 0 Å². The zero-order valence-electron chi connectivity index (χ0n) is 11.2. The second-order valence-electron chi connectivity index (χ2n) is 5.50. The van der Waals surface area contributed by atoms with Crippen LogP contribution in [-0.2, 0) is 11.2 Å². The van der Waals surface area contributed by atoms with Gasteiger partial charge in [-0.3, -0.25) is 4.79 Å². The molecular weight excluding hydrogens is 306 g/mol. The minimum absolute atomic E-state index is 0.00308. The molecule has 1 amide bonds. The van der Waals surface area contributed by atoms with E-state index >= 15 is 0 Å². The fourth-order valence-electron chi connectivity index (χ4n) is 2.16. The summed E-state index contributed by atoms with van der Waals surface area (Å²) in [6.45, 7) is 2.16. The lowest BCUT2D eigenvalue weighted by Crippen LogP contribution is -2.42. The first-order valence-corrected chi connectivity index (χ1v) is 7.51. The van der Waals surface area contributed by atoms with Crippen molar-refractivity contribution in [2.75, 3.05) is 6.54 Å². The fourth-order valence-corrected chi connectivity index (χ4v) is 2.65. The molecule has 3 nitrogen and oxygen atoms in total. The van der Waals surface area contributed by atoms with Gasteiger partial charge in [-0.2, -0.15) is 0 Å². The van der Waals surface area contributed by atoms with Crippen LogP contribution in [0.1, 0.15) is 31.7 Å². The highest BCUT2D eigenvalue weighted by molar-refractivity contribution is 9.10. The molecule has 1 aromatic carbocycles. The molecule has 1 aliphatic rings. The normalized spacial score (nSPS) is 17.8. The fraction of sp³-hybridized carbons (Fsp3) is 0.533. The molecule has 1 saturated carbocycles. The Morgan fingerprint density at radius 1 is 1.47 bits per heavy atom. The quantitative estimate of drug-likeness (QED) is 0.844. The van der Waals surface area contributed by atoms with Gasteiger partial charge >= 0.3 is 0 Å². The van der Waals surface area contributed by atoms with Gasteiger partial charge < -0.3 is 10.4 Å². The van der Waals surface area contributed by atoms with Crippen molar-refractivity contribution in [3.63, 3.8) is 0 Å². The molecule has 1 aliphatic carbocycles. The number of amides is 1. The summed E-state index contributed by atoms with van der Waals surface area (Å²) < 4.78 is 1.03. The van der Waals surface area contributed by atoms with Crippen LogP contribution in [0.3, 0.4) is 0 Å². The standard InChI is InChI=1S/C15H20BrNO2/c1-15(19,12-7-8-12)10-17-14(18)9-6-11-4-2-3-5-13(11)16/h2-5,12,19H,6-10H2,1H3,(H,17,18)/t15-/m0/s1. The van der Waals surface area contributed by atoms with Crippen LogP contribution in [0.5, 0.6) is 0 Å². The largest absolute Gasteiger partial charge is 0.388 e. The molecule has 1 aromatic rings. The zero-order chi connectivity index (χ0) is 13.9. The van der Waals surface area contributed by atoms with Gasteiger partial charge in [0.2, 0.25) is 5.91 Å². The zero-order valence-corrected chi connectivity index (χ0v) is 12.7. The molecule has 0 aliphatic heterocycles. The van der Waals surface area contributed by atoms with Crippen LogP contribution in [0.15, 0.2) is 28.7 Å². The summed E-state index contributed by atoms with van der Waals surface area (Å²) in [5.74, 6) is 0.354. The third kappa shape index (κ3) is 4.32. The van der Waals surface area contributed by atoms with Gasteiger partial charge in [-0.15, -0.1) is 0 Å². The van der Waals surface area contributed by atoms with Gasteiger partial charge in [0.05, 0.1) is 5.60 Å². The molecule has 2 rings (SSSR count). The van der Waals surface area contributed by atoms with E-state index in [1.54, 1.807) is 6.92 Å². The Labute approximate surface area is 122 Å². The van der Waals surface area contributed by atoms with E-state index in [0.717, 1.165) is 22.9 Å². The van der Waals surface area contributed by atoms with Crippen molar-refractivity contribution in [2.24, 2.45) is 5.92 Å². The van der Waals surface area contributed by atoms with Crippen molar-refractivity contribution in [3.05, 3.63) is 34.3 Å². The number of carbonyl (C=O) groups excluding carboxylic acids is 1. The first-order chi connectivity index (χ1) is 8.99. The molecule has 0 bridgehead atoms. The highest BCUT2D eigenvalue weighted by Gasteiger charge is 2.39. The monoisotopic (exact) mass is 325 g/mol. The molecule has 104 valence electrons. The molecule has 0 unspecified atom stereocenters. The Balaban J connectivity index is 1.74. The lowest BCUT2D eigenvalue weighted by atomic mass is 10.0. The second kappa shape index (κ2) is 6.06. The number of benzene rings is 1. The van der Waals surface area contributed by atoms with Crippen LogP contribution in [0.4, 0.5) is 0 Å². The van der Waals surface area contributed by atoms with E-state index in [-0.39, 0.29) is 5.91 Å². The van der Waals surface area contributed by atoms with Gasteiger partial charge in [0.25, 0.3) is 0 Å². The average Bonchev–Trinajstić information content (AvgIpc) is 3.20. The van der Waals surface area contributed by atoms with Gasteiger partial charge in [0.1, 0.15) is 0 Å². The first kappa shape index (κ1) is 14.5. The summed E-state index contributed by atoms with van der Waals surface area (Å²) in [5, 5.41) is 12.9. The average molecular weight is 326 g/mol. The van der Waals surface area contributed by atoms with Crippen LogP contribution in [0.2, 0.25) is 0 Å². The van der Waals surface area contributed by atoms with Gasteiger partial charge in [-0.25, -0.2) is 0 Å². The minimum atomic E-state index is -0.747. The maximum Gasteiger partial charge on any atom is 0.220 e. The van der Waals surface area contributed by atoms with Crippen molar-refractivity contribution in [1.82, 2.24) is 5.32 Å². The Morgan fingerprint density at radius 3 is 2.79 bits per heavy atom. The van der Waals surface area contributed by atoms with E-state index in [2.05, 4.69) is 21.2 Å². The van der Waals surface area contributed by atoms with Crippen molar-refractivity contribution in [3.8, 4) is 0 Å². The van der Waals surface area contributed by atoms with E-state index in [9.17, 15) is 9.90 Å². The SMILES string of the molecule is C[C@](O)(CNC(=O)CCc1ccccc1Br)C1CC1. The number of rotatable bonds is 6. The topological polar surface area (TPSA) is 49.3 Å². The lowest BCUT2D eigenvalue weighted by Gasteiger charge is -2.23. The van der Waals surface area contributed by atoms with Gasteiger partial charge in [0, 0.05) is 17.4 Å². The van der Waals surface area contributed by atoms with E-state index < -0.39 is 5.60 Å². The summed E-state index contributed by atoms with van der Waals surface area (Å²) in [7, 11) is 0. The highest BCUT2D eigenvalue weighted by atomic mass is 79.9. The number of aryl methyl sites for hydroxylation is 1. The van der Waals surface area contributed by atoms with Crippen molar-refractivity contribution in [1.29, 1.82) is 0 Å². The van der Waals surface area contributed by atoms with Crippen LogP contribution in [-0.4, -0.2) is 23.2 Å². The molecule has 0 aromatic heterocycles. The van der Waals surface area contributed by atoms with Crippen molar-refractivity contribution in [2.45, 2.75) is 38.2 Å². The maximum atomic E-state index is 11.8. The second-order valence-corrected chi connectivity index (χ2v) is 6.35. The molecule has 4 heteroatoms. The lowest BCUT2D eigenvalue weighted by molar-refractivity contribution is -0.122. The minimum Gasteiger partial charge on any atom is -0.388 e. The number of aliphatic hydroxyl groups is 1. The molecule has 0 radical (unpaired) electrons. The summed E-state index contributed by atoms with van der Waals surface area (Å²) >= 11 is 3.47. The smallest absolute Gasteiger partial charge is 0.220 e. The van der Waals surface area contributed by atoms with Gasteiger partial charge in [0.15, 0.2) is 0 Å². The third-order valence-electron chi connectivity index (χ3n) is 3.68. The first-order valence-electron chi connectivity index (χ1n) is 6.71. The molecule has 0 heterocycles. The van der Waals surface area contributed by atoms with Crippen molar-refractivity contribution < 1.29 is 9.90 Å². The summed E-state index contributed by atoms with van der Waals surface area (Å²) in [4.78, 5) is 11.8. The summed E-state index contributed by atoms with van der Waals surface area (Å²) in [6.07, 6.45) is 3.29. The number of nitrogens with one attached hydrogen (secondary N) is 1. The molecule has 1 atom stereocenters.